The van der Waals surface area contributed by atoms with Crippen molar-refractivity contribution in [2.75, 3.05) is 0 Å². The molecule has 4 aromatic rings. The van der Waals surface area contributed by atoms with Gasteiger partial charge in [0.1, 0.15) is 6.07 Å². The Kier molecular flexibility index (Phi) is 5.35. The van der Waals surface area contributed by atoms with Crippen LogP contribution in [0.3, 0.4) is 0 Å². The van der Waals surface area contributed by atoms with Gasteiger partial charge in [-0.05, 0) is 38.5 Å². The van der Waals surface area contributed by atoms with Crippen molar-refractivity contribution < 1.29 is 0 Å². The monoisotopic (exact) mass is 413 g/mol. The fraction of sp³-hybridized carbons (Fsp3) is 0.167. The van der Waals surface area contributed by atoms with Gasteiger partial charge >= 0.3 is 0 Å². The molecule has 0 aliphatic heterocycles. The highest BCUT2D eigenvalue weighted by molar-refractivity contribution is 6.32. The summed E-state index contributed by atoms with van der Waals surface area (Å²) >= 11 is 6.24. The van der Waals surface area contributed by atoms with Crippen LogP contribution in [0.25, 0.3) is 22.5 Å². The van der Waals surface area contributed by atoms with Crippen LogP contribution >= 0.6 is 11.6 Å². The van der Waals surface area contributed by atoms with Gasteiger partial charge in [-0.2, -0.15) is 10.4 Å². The summed E-state index contributed by atoms with van der Waals surface area (Å²) in [4.78, 5) is 9.24. The smallest absolute Gasteiger partial charge is 0.159 e. The lowest BCUT2D eigenvalue weighted by molar-refractivity contribution is 0.652. The van der Waals surface area contributed by atoms with Crippen molar-refractivity contribution in [1.29, 1.82) is 5.26 Å². The fourth-order valence-electron chi connectivity index (χ4n) is 3.56. The third-order valence-electron chi connectivity index (χ3n) is 5.19. The first-order valence-corrected chi connectivity index (χ1v) is 9.97. The Balaban J connectivity index is 1.66. The molecule has 0 radical (unpaired) electrons. The predicted molar refractivity (Wildman–Crippen MR) is 118 cm³/mol. The molecule has 148 valence electrons. The van der Waals surface area contributed by atoms with Gasteiger partial charge in [-0.1, -0.05) is 48.0 Å². The minimum absolute atomic E-state index is 0.447. The number of aromatic nitrogens is 4. The fourth-order valence-corrected chi connectivity index (χ4v) is 3.79. The quantitative estimate of drug-likeness (QED) is 0.442. The van der Waals surface area contributed by atoms with E-state index < -0.39 is 0 Å². The average Bonchev–Trinajstić information content (AvgIpc) is 3.03. The minimum Gasteiger partial charge on any atom is -0.264 e. The normalized spacial score (nSPS) is 10.8. The Bertz CT molecular complexity index is 1270. The second-order valence-corrected chi connectivity index (χ2v) is 7.59. The maximum atomic E-state index is 9.11. The van der Waals surface area contributed by atoms with E-state index >= 15 is 0 Å². The van der Waals surface area contributed by atoms with E-state index in [2.05, 4.69) is 16.0 Å². The lowest BCUT2D eigenvalue weighted by Gasteiger charge is -2.10. The summed E-state index contributed by atoms with van der Waals surface area (Å²) in [5.41, 5.74) is 7.33. The van der Waals surface area contributed by atoms with Crippen LogP contribution in [0.15, 0.2) is 54.7 Å². The van der Waals surface area contributed by atoms with Gasteiger partial charge in [0.2, 0.25) is 0 Å². The van der Waals surface area contributed by atoms with Crippen molar-refractivity contribution in [2.24, 2.45) is 0 Å². The highest BCUT2D eigenvalue weighted by Crippen LogP contribution is 2.31. The van der Waals surface area contributed by atoms with Gasteiger partial charge in [-0.25, -0.2) is 9.97 Å². The molecule has 0 aliphatic rings. The van der Waals surface area contributed by atoms with E-state index in [0.717, 1.165) is 45.2 Å². The molecule has 4 rings (SSSR count). The third kappa shape index (κ3) is 3.70. The number of rotatable bonds is 4. The molecule has 6 heteroatoms. The summed E-state index contributed by atoms with van der Waals surface area (Å²) in [5.74, 6) is 0.720. The SMILES string of the molecule is Cc1nc(-c2ccccc2)ncc1Cn1nc(C)c(-c2ccc(C#N)c(Cl)c2)c1C. The number of hydrogen-bond donors (Lipinski definition) is 0. The van der Waals surface area contributed by atoms with Crippen LogP contribution in [0, 0.1) is 32.1 Å². The van der Waals surface area contributed by atoms with E-state index in [-0.39, 0.29) is 0 Å². The summed E-state index contributed by atoms with van der Waals surface area (Å²) in [7, 11) is 0. The van der Waals surface area contributed by atoms with Crippen molar-refractivity contribution in [2.45, 2.75) is 27.3 Å². The van der Waals surface area contributed by atoms with Crippen LogP contribution in [0.1, 0.15) is 28.2 Å². The second-order valence-electron chi connectivity index (χ2n) is 7.18. The summed E-state index contributed by atoms with van der Waals surface area (Å²) in [6.45, 7) is 6.59. The average molecular weight is 414 g/mol. The largest absolute Gasteiger partial charge is 0.264 e. The molecule has 0 spiro atoms. The number of hydrogen-bond acceptors (Lipinski definition) is 4. The maximum absolute atomic E-state index is 9.11. The highest BCUT2D eigenvalue weighted by Gasteiger charge is 2.16. The molecule has 0 saturated carbocycles. The number of halogens is 1. The molecular formula is C24H20ClN5. The molecule has 0 aliphatic carbocycles. The van der Waals surface area contributed by atoms with Crippen molar-refractivity contribution in [1.82, 2.24) is 19.7 Å². The molecule has 2 aromatic carbocycles. The van der Waals surface area contributed by atoms with Gasteiger partial charge in [0.05, 0.1) is 22.8 Å². The van der Waals surface area contributed by atoms with Crippen LogP contribution in [0.4, 0.5) is 0 Å². The standard InChI is InChI=1S/C24H20ClN5/c1-15-21(13-27-24(28-15)18-7-5-4-6-8-18)14-30-17(3)23(16(2)29-30)19-9-10-20(12-26)22(25)11-19/h4-11,13H,14H2,1-3H3. The first-order valence-electron chi connectivity index (χ1n) is 9.60. The molecular weight excluding hydrogens is 394 g/mol. The lowest BCUT2D eigenvalue weighted by Crippen LogP contribution is -2.07. The van der Waals surface area contributed by atoms with Crippen molar-refractivity contribution in [3.05, 3.63) is 88.0 Å². The minimum atomic E-state index is 0.447. The molecule has 2 aromatic heterocycles. The van der Waals surface area contributed by atoms with Crippen LogP contribution in [-0.4, -0.2) is 19.7 Å². The van der Waals surface area contributed by atoms with Crippen molar-refractivity contribution in [3.63, 3.8) is 0 Å². The van der Waals surface area contributed by atoms with E-state index in [1.54, 1.807) is 6.07 Å². The third-order valence-corrected chi connectivity index (χ3v) is 5.51. The first-order chi connectivity index (χ1) is 14.5. The van der Waals surface area contributed by atoms with Gasteiger partial charge in [0.25, 0.3) is 0 Å². The molecule has 0 atom stereocenters. The van der Waals surface area contributed by atoms with E-state index in [1.807, 2.05) is 74.1 Å². The molecule has 0 fully saturated rings. The van der Waals surface area contributed by atoms with Gasteiger partial charge < -0.3 is 0 Å². The zero-order valence-corrected chi connectivity index (χ0v) is 17.8. The summed E-state index contributed by atoms with van der Waals surface area (Å²) in [5, 5.41) is 14.3. The number of aryl methyl sites for hydroxylation is 2. The zero-order chi connectivity index (χ0) is 21.3. The summed E-state index contributed by atoms with van der Waals surface area (Å²) < 4.78 is 1.96. The molecule has 30 heavy (non-hydrogen) atoms. The zero-order valence-electron chi connectivity index (χ0n) is 17.0. The maximum Gasteiger partial charge on any atom is 0.159 e. The Morgan fingerprint density at radius 2 is 1.77 bits per heavy atom. The highest BCUT2D eigenvalue weighted by atomic mass is 35.5. The van der Waals surface area contributed by atoms with E-state index in [1.165, 1.54) is 0 Å². The molecule has 0 unspecified atom stereocenters. The Morgan fingerprint density at radius 3 is 2.43 bits per heavy atom. The number of benzene rings is 2. The van der Waals surface area contributed by atoms with Crippen LogP contribution in [-0.2, 0) is 6.54 Å². The molecule has 0 amide bonds. The van der Waals surface area contributed by atoms with E-state index in [9.17, 15) is 0 Å². The Morgan fingerprint density at radius 1 is 1.00 bits per heavy atom. The molecule has 2 heterocycles. The van der Waals surface area contributed by atoms with Crippen LogP contribution in [0.2, 0.25) is 5.02 Å². The first kappa shape index (κ1) is 19.8. The van der Waals surface area contributed by atoms with Crippen LogP contribution in [0.5, 0.6) is 0 Å². The van der Waals surface area contributed by atoms with Gasteiger partial charge in [-0.3, -0.25) is 4.68 Å². The topological polar surface area (TPSA) is 67.4 Å². The predicted octanol–water partition coefficient (Wildman–Crippen LogP) is 5.51. The number of nitrogens with zero attached hydrogens (tertiary/aromatic N) is 5. The van der Waals surface area contributed by atoms with E-state index in [0.29, 0.717) is 17.1 Å². The molecule has 0 saturated heterocycles. The van der Waals surface area contributed by atoms with Gasteiger partial charge in [0.15, 0.2) is 5.82 Å². The molecule has 0 N–H and O–H groups in total. The summed E-state index contributed by atoms with van der Waals surface area (Å²) in [6, 6.07) is 17.5. The van der Waals surface area contributed by atoms with E-state index in [4.69, 9.17) is 22.0 Å². The van der Waals surface area contributed by atoms with Crippen LogP contribution < -0.4 is 0 Å². The second kappa shape index (κ2) is 8.10. The molecule has 5 nitrogen and oxygen atoms in total. The number of nitriles is 1. The van der Waals surface area contributed by atoms with Crippen molar-refractivity contribution in [3.8, 4) is 28.6 Å². The molecule has 0 bridgehead atoms. The van der Waals surface area contributed by atoms with Crippen molar-refractivity contribution >= 4 is 11.6 Å². The lowest BCUT2D eigenvalue weighted by atomic mass is 10.0. The summed E-state index contributed by atoms with van der Waals surface area (Å²) in [6.07, 6.45) is 1.87. The Labute approximate surface area is 180 Å². The van der Waals surface area contributed by atoms with Gasteiger partial charge in [0, 0.05) is 34.3 Å². The Hall–Kier alpha value is -3.49. The van der Waals surface area contributed by atoms with Gasteiger partial charge in [-0.15, -0.1) is 0 Å².